The quantitative estimate of drug-likeness (QED) is 0.529. The van der Waals surface area contributed by atoms with Crippen LogP contribution in [-0.2, 0) is 16.1 Å². The van der Waals surface area contributed by atoms with Gasteiger partial charge >= 0.3 is 5.69 Å². The van der Waals surface area contributed by atoms with Gasteiger partial charge in [-0.3, -0.25) is 23.9 Å². The highest BCUT2D eigenvalue weighted by Gasteiger charge is 2.37. The highest BCUT2D eigenvalue weighted by Crippen LogP contribution is 2.37. The number of nitrogens with zero attached hydrogens (tertiary/aromatic N) is 3. The summed E-state index contributed by atoms with van der Waals surface area (Å²) in [4.78, 5) is 57.8. The van der Waals surface area contributed by atoms with Crippen molar-refractivity contribution in [1.29, 1.82) is 0 Å². The van der Waals surface area contributed by atoms with Gasteiger partial charge in [0.15, 0.2) is 5.69 Å². The van der Waals surface area contributed by atoms with Gasteiger partial charge < -0.3 is 15.5 Å². The molecule has 0 spiro atoms. The van der Waals surface area contributed by atoms with E-state index in [0.717, 1.165) is 5.56 Å². The van der Waals surface area contributed by atoms with Gasteiger partial charge in [-0.2, -0.15) is 0 Å². The van der Waals surface area contributed by atoms with E-state index in [0.29, 0.717) is 17.7 Å². The van der Waals surface area contributed by atoms with Crippen LogP contribution >= 0.6 is 0 Å². The Hall–Kier alpha value is -4.14. The second kappa shape index (κ2) is 10.2. The second-order valence-electron chi connectivity index (χ2n) is 9.51. The predicted molar refractivity (Wildman–Crippen MR) is 140 cm³/mol. The van der Waals surface area contributed by atoms with E-state index in [1.807, 2.05) is 62.4 Å². The van der Waals surface area contributed by atoms with Crippen molar-refractivity contribution in [3.8, 4) is 0 Å². The number of nitrogens with two attached hydrogens (primary N) is 1. The molecule has 0 bridgehead atoms. The molecule has 3 N–H and O–H groups in total. The van der Waals surface area contributed by atoms with Crippen LogP contribution in [0.15, 0.2) is 64.2 Å². The summed E-state index contributed by atoms with van der Waals surface area (Å²) in [6.07, 6.45) is 0.580. The minimum atomic E-state index is -0.773. The highest BCUT2D eigenvalue weighted by molar-refractivity contribution is 6.07. The zero-order valence-corrected chi connectivity index (χ0v) is 20.7. The molecule has 188 valence electrons. The monoisotopic (exact) mass is 489 g/mol. The molecule has 1 aliphatic rings. The standard InChI is InChI=1S/C27H31N5O4/c1-17(2)13-14-31(26(35)20-15-22(33)30(3)21-12-8-7-11-19(20)21)23-24(28)32(27(36)29-25(23)34)16-18-9-5-4-6-10-18/h4-12,17,20H,13-16,28H2,1-3H3,(H,29,34,36)/t20-/m0/s1. The first-order chi connectivity index (χ1) is 17.2. The van der Waals surface area contributed by atoms with Gasteiger partial charge in [-0.05, 0) is 29.5 Å². The summed E-state index contributed by atoms with van der Waals surface area (Å²) >= 11 is 0. The van der Waals surface area contributed by atoms with Gasteiger partial charge in [-0.1, -0.05) is 62.4 Å². The zero-order valence-electron chi connectivity index (χ0n) is 20.7. The number of hydrogen-bond donors (Lipinski definition) is 2. The fourth-order valence-electron chi connectivity index (χ4n) is 4.53. The average Bonchev–Trinajstić information content (AvgIpc) is 2.86. The molecule has 1 atom stereocenters. The van der Waals surface area contributed by atoms with Crippen LogP contribution in [0.2, 0.25) is 0 Å². The molecule has 2 amide bonds. The summed E-state index contributed by atoms with van der Waals surface area (Å²) in [5.41, 5.74) is 7.17. The van der Waals surface area contributed by atoms with Crippen LogP contribution in [0.3, 0.4) is 0 Å². The van der Waals surface area contributed by atoms with Gasteiger partial charge in [-0.15, -0.1) is 0 Å². The Bertz CT molecular complexity index is 1390. The van der Waals surface area contributed by atoms with Crippen LogP contribution in [0.5, 0.6) is 0 Å². The Balaban J connectivity index is 1.82. The Morgan fingerprint density at radius 3 is 2.44 bits per heavy atom. The fraction of sp³-hybridized carbons (Fsp3) is 0.333. The second-order valence-corrected chi connectivity index (χ2v) is 9.51. The van der Waals surface area contributed by atoms with Crippen molar-refractivity contribution in [2.24, 2.45) is 5.92 Å². The first-order valence-corrected chi connectivity index (χ1v) is 12.0. The van der Waals surface area contributed by atoms with Crippen LogP contribution < -0.4 is 26.8 Å². The van der Waals surface area contributed by atoms with E-state index in [2.05, 4.69) is 4.98 Å². The third-order valence-corrected chi connectivity index (χ3v) is 6.59. The number of aromatic amines is 1. The molecule has 9 heteroatoms. The van der Waals surface area contributed by atoms with E-state index in [4.69, 9.17) is 5.73 Å². The predicted octanol–water partition coefficient (Wildman–Crippen LogP) is 2.70. The fourth-order valence-corrected chi connectivity index (χ4v) is 4.53. The van der Waals surface area contributed by atoms with E-state index in [9.17, 15) is 19.2 Å². The number of carbonyl (C=O) groups is 2. The Kier molecular flexibility index (Phi) is 7.10. The third kappa shape index (κ3) is 4.82. The number of rotatable bonds is 7. The summed E-state index contributed by atoms with van der Waals surface area (Å²) in [5.74, 6) is -1.21. The largest absolute Gasteiger partial charge is 0.383 e. The van der Waals surface area contributed by atoms with Crippen molar-refractivity contribution in [2.45, 2.75) is 39.2 Å². The molecule has 2 aromatic carbocycles. The first kappa shape index (κ1) is 25.0. The summed E-state index contributed by atoms with van der Waals surface area (Å²) < 4.78 is 1.26. The number of H-pyrrole nitrogens is 1. The lowest BCUT2D eigenvalue weighted by molar-refractivity contribution is -0.125. The van der Waals surface area contributed by atoms with Gasteiger partial charge in [-0.25, -0.2) is 4.79 Å². The average molecular weight is 490 g/mol. The summed E-state index contributed by atoms with van der Waals surface area (Å²) in [6, 6.07) is 16.5. The van der Waals surface area contributed by atoms with E-state index in [-0.39, 0.29) is 42.8 Å². The lowest BCUT2D eigenvalue weighted by atomic mass is 9.88. The smallest absolute Gasteiger partial charge is 0.330 e. The number of para-hydroxylation sites is 1. The van der Waals surface area contributed by atoms with Gasteiger partial charge in [0.2, 0.25) is 11.8 Å². The molecule has 3 aromatic rings. The van der Waals surface area contributed by atoms with Crippen molar-refractivity contribution in [3.63, 3.8) is 0 Å². The number of anilines is 3. The molecule has 0 aliphatic carbocycles. The maximum Gasteiger partial charge on any atom is 0.330 e. The molecule has 0 saturated heterocycles. The summed E-state index contributed by atoms with van der Waals surface area (Å²) in [7, 11) is 1.68. The van der Waals surface area contributed by atoms with Crippen LogP contribution in [0.25, 0.3) is 0 Å². The molecular weight excluding hydrogens is 458 g/mol. The van der Waals surface area contributed by atoms with E-state index >= 15 is 0 Å². The number of nitrogen functional groups attached to an aromatic ring is 1. The number of carbonyl (C=O) groups excluding carboxylic acids is 2. The van der Waals surface area contributed by atoms with Crippen LogP contribution in [-0.4, -0.2) is 35.0 Å². The normalized spacial score (nSPS) is 15.2. The molecule has 1 aliphatic heterocycles. The van der Waals surface area contributed by atoms with Crippen molar-refractivity contribution in [3.05, 3.63) is 86.6 Å². The maximum atomic E-state index is 14.0. The Morgan fingerprint density at radius 1 is 1.08 bits per heavy atom. The van der Waals surface area contributed by atoms with Crippen LogP contribution in [0.1, 0.15) is 43.7 Å². The van der Waals surface area contributed by atoms with Crippen LogP contribution in [0.4, 0.5) is 17.2 Å². The lowest BCUT2D eigenvalue weighted by Crippen LogP contribution is -2.46. The minimum absolute atomic E-state index is 0.0218. The number of nitrogens with one attached hydrogen (secondary N) is 1. The van der Waals surface area contributed by atoms with Crippen LogP contribution in [0, 0.1) is 5.92 Å². The van der Waals surface area contributed by atoms with Crippen molar-refractivity contribution >= 4 is 29.0 Å². The van der Waals surface area contributed by atoms with Gasteiger partial charge in [0.1, 0.15) is 5.82 Å². The number of amides is 2. The first-order valence-electron chi connectivity index (χ1n) is 12.0. The number of benzene rings is 2. The minimum Gasteiger partial charge on any atom is -0.383 e. The molecule has 1 aromatic heterocycles. The van der Waals surface area contributed by atoms with E-state index in [1.54, 1.807) is 18.0 Å². The van der Waals surface area contributed by atoms with Crippen molar-refractivity contribution in [1.82, 2.24) is 9.55 Å². The van der Waals surface area contributed by atoms with E-state index in [1.165, 1.54) is 9.47 Å². The number of hydrogen-bond acceptors (Lipinski definition) is 5. The zero-order chi connectivity index (χ0) is 26.0. The molecule has 0 unspecified atom stereocenters. The molecule has 0 fully saturated rings. The van der Waals surface area contributed by atoms with Gasteiger partial charge in [0.25, 0.3) is 5.56 Å². The van der Waals surface area contributed by atoms with Gasteiger partial charge in [0.05, 0.1) is 12.5 Å². The number of fused-ring (bicyclic) bond motifs is 1. The third-order valence-electron chi connectivity index (χ3n) is 6.59. The Labute approximate surface area is 209 Å². The molecule has 2 heterocycles. The van der Waals surface area contributed by atoms with Crippen molar-refractivity contribution in [2.75, 3.05) is 29.1 Å². The molecule has 4 rings (SSSR count). The molecule has 0 saturated carbocycles. The summed E-state index contributed by atoms with van der Waals surface area (Å²) in [6.45, 7) is 4.38. The molecule has 36 heavy (non-hydrogen) atoms. The molecule has 9 nitrogen and oxygen atoms in total. The lowest BCUT2D eigenvalue weighted by Gasteiger charge is -2.34. The molecular formula is C27H31N5O4. The SMILES string of the molecule is CC(C)CCN(C(=O)[C@H]1CC(=O)N(C)c2ccccc21)c1c(N)n(Cc2ccccc2)c(=O)[nH]c1=O. The summed E-state index contributed by atoms with van der Waals surface area (Å²) in [5, 5.41) is 0. The Morgan fingerprint density at radius 2 is 1.75 bits per heavy atom. The molecule has 0 radical (unpaired) electrons. The number of aromatic nitrogens is 2. The topological polar surface area (TPSA) is 121 Å². The van der Waals surface area contributed by atoms with Crippen molar-refractivity contribution < 1.29 is 9.59 Å². The van der Waals surface area contributed by atoms with Gasteiger partial charge in [0, 0.05) is 25.7 Å². The van der Waals surface area contributed by atoms with E-state index < -0.39 is 23.1 Å². The maximum absolute atomic E-state index is 14.0. The highest BCUT2D eigenvalue weighted by atomic mass is 16.2.